The maximum Gasteiger partial charge on any atom is 0.352 e. The Labute approximate surface area is 184 Å². The van der Waals surface area contributed by atoms with Crippen molar-refractivity contribution in [2.45, 2.75) is 45.2 Å². The van der Waals surface area contributed by atoms with Gasteiger partial charge in [-0.2, -0.15) is 0 Å². The van der Waals surface area contributed by atoms with E-state index in [0.29, 0.717) is 23.0 Å². The first-order valence-corrected chi connectivity index (χ1v) is 10.9. The minimum absolute atomic E-state index is 0.182. The maximum atomic E-state index is 13.3. The van der Waals surface area contributed by atoms with Gasteiger partial charge in [0.25, 0.3) is 11.5 Å². The molecular weight excluding hydrogens is 406 g/mol. The molecule has 0 bridgehead atoms. The summed E-state index contributed by atoms with van der Waals surface area (Å²) in [5.41, 5.74) is 2.25. The highest BCUT2D eigenvalue weighted by molar-refractivity contribution is 5.98. The molecule has 0 unspecified atom stereocenters. The molecule has 0 spiro atoms. The summed E-state index contributed by atoms with van der Waals surface area (Å²) in [7, 11) is 1.60. The lowest BCUT2D eigenvalue weighted by Crippen LogP contribution is -2.32. The first kappa shape index (κ1) is 20.2. The van der Waals surface area contributed by atoms with Gasteiger partial charge < -0.3 is 5.32 Å². The van der Waals surface area contributed by atoms with Crippen molar-refractivity contribution in [1.82, 2.24) is 24.1 Å². The highest BCUT2D eigenvalue weighted by Gasteiger charge is 2.20. The van der Waals surface area contributed by atoms with Crippen LogP contribution in [0.4, 0.5) is 0 Å². The quantitative estimate of drug-likeness (QED) is 0.537. The van der Waals surface area contributed by atoms with Gasteiger partial charge in [0.15, 0.2) is 0 Å². The number of rotatable bonds is 4. The number of fused-ring (bicyclic) bond motifs is 3. The van der Waals surface area contributed by atoms with Crippen molar-refractivity contribution in [3.05, 3.63) is 80.0 Å². The van der Waals surface area contributed by atoms with E-state index in [1.54, 1.807) is 25.2 Å². The number of carbonyl (C=O) groups is 1. The van der Waals surface area contributed by atoms with E-state index in [1.807, 2.05) is 31.2 Å². The first-order chi connectivity index (χ1) is 15.4. The molecule has 2 aromatic heterocycles. The molecule has 8 heteroatoms. The second kappa shape index (κ2) is 7.78. The Morgan fingerprint density at radius 2 is 1.91 bits per heavy atom. The van der Waals surface area contributed by atoms with E-state index in [2.05, 4.69) is 10.4 Å². The summed E-state index contributed by atoms with van der Waals surface area (Å²) in [6.07, 6.45) is 4.20. The van der Waals surface area contributed by atoms with Gasteiger partial charge in [0.1, 0.15) is 0 Å². The average molecular weight is 431 g/mol. The third-order valence-electron chi connectivity index (χ3n) is 6.26. The van der Waals surface area contributed by atoms with E-state index >= 15 is 0 Å². The summed E-state index contributed by atoms with van der Waals surface area (Å²) in [6, 6.07) is 12.9. The highest BCUT2D eigenvalue weighted by atomic mass is 16.2. The SMILES string of the molecule is Cc1cccc(Cn2nc3n(C)c(=O)c4ccc(C(=O)NC5CCCC5)cc4n3c2=O)c1. The zero-order valence-electron chi connectivity index (χ0n) is 18.2. The molecule has 1 amide bonds. The fourth-order valence-electron chi connectivity index (χ4n) is 4.56. The molecule has 0 saturated heterocycles. The minimum Gasteiger partial charge on any atom is -0.349 e. The lowest BCUT2D eigenvalue weighted by atomic mass is 10.1. The van der Waals surface area contributed by atoms with Crippen LogP contribution in [0.5, 0.6) is 0 Å². The summed E-state index contributed by atoms with van der Waals surface area (Å²) in [5.74, 6) is 0.0568. The largest absolute Gasteiger partial charge is 0.352 e. The van der Waals surface area contributed by atoms with E-state index in [4.69, 9.17) is 0 Å². The van der Waals surface area contributed by atoms with Gasteiger partial charge in [-0.05, 0) is 43.5 Å². The molecule has 8 nitrogen and oxygen atoms in total. The standard InChI is InChI=1S/C24H25N5O3/c1-15-6-5-7-16(12-15)14-28-24(32)29-20-13-17(21(30)25-18-8-3-4-9-18)10-11-19(20)22(31)27(2)23(29)26-28/h5-7,10-13,18H,3-4,8-9,14H2,1-2H3,(H,25,30). The molecule has 0 atom stereocenters. The number of amides is 1. The second-order valence-electron chi connectivity index (χ2n) is 8.62. The predicted molar refractivity (Wildman–Crippen MR) is 122 cm³/mol. The average Bonchev–Trinajstić information content (AvgIpc) is 3.40. The Bertz CT molecular complexity index is 1470. The van der Waals surface area contributed by atoms with Gasteiger partial charge in [-0.1, -0.05) is 42.7 Å². The summed E-state index contributed by atoms with van der Waals surface area (Å²) in [4.78, 5) is 39.0. The summed E-state index contributed by atoms with van der Waals surface area (Å²) >= 11 is 0. The summed E-state index contributed by atoms with van der Waals surface area (Å²) in [5, 5.41) is 7.87. The first-order valence-electron chi connectivity index (χ1n) is 10.9. The Hall–Kier alpha value is -3.68. The molecular formula is C24H25N5O3. The molecule has 5 rings (SSSR count). The third kappa shape index (κ3) is 3.41. The molecule has 2 heterocycles. The van der Waals surface area contributed by atoms with E-state index in [1.165, 1.54) is 13.6 Å². The lowest BCUT2D eigenvalue weighted by molar-refractivity contribution is 0.0938. The van der Waals surface area contributed by atoms with E-state index in [9.17, 15) is 14.4 Å². The van der Waals surface area contributed by atoms with Crippen LogP contribution in [0.15, 0.2) is 52.1 Å². The van der Waals surface area contributed by atoms with Crippen LogP contribution in [0.1, 0.15) is 47.2 Å². The van der Waals surface area contributed by atoms with Gasteiger partial charge in [-0.15, -0.1) is 5.10 Å². The Morgan fingerprint density at radius 3 is 2.66 bits per heavy atom. The topological polar surface area (TPSA) is 90.4 Å². The van der Waals surface area contributed by atoms with Gasteiger partial charge in [0.05, 0.1) is 17.4 Å². The number of carbonyl (C=O) groups excluding carboxylic acids is 1. The molecule has 32 heavy (non-hydrogen) atoms. The number of benzene rings is 2. The van der Waals surface area contributed by atoms with Crippen LogP contribution < -0.4 is 16.6 Å². The molecule has 164 valence electrons. The smallest absolute Gasteiger partial charge is 0.349 e. The lowest BCUT2D eigenvalue weighted by Gasteiger charge is -2.12. The molecule has 1 aliphatic carbocycles. The van der Waals surface area contributed by atoms with Crippen molar-refractivity contribution in [1.29, 1.82) is 0 Å². The fourth-order valence-corrected chi connectivity index (χ4v) is 4.56. The molecule has 1 fully saturated rings. The number of aromatic nitrogens is 4. The maximum absolute atomic E-state index is 13.3. The molecule has 0 aliphatic heterocycles. The molecule has 1 saturated carbocycles. The number of nitrogens with zero attached hydrogens (tertiary/aromatic N) is 4. The Kier molecular flexibility index (Phi) is 4.92. The molecule has 1 aliphatic rings. The van der Waals surface area contributed by atoms with Crippen LogP contribution in [0.2, 0.25) is 0 Å². The predicted octanol–water partition coefficient (Wildman–Crippen LogP) is 2.38. The van der Waals surface area contributed by atoms with Gasteiger partial charge >= 0.3 is 5.69 Å². The zero-order chi connectivity index (χ0) is 22.4. The van der Waals surface area contributed by atoms with Crippen LogP contribution in [-0.4, -0.2) is 30.7 Å². The Morgan fingerprint density at radius 1 is 1.12 bits per heavy atom. The van der Waals surface area contributed by atoms with Crippen molar-refractivity contribution in [2.24, 2.45) is 7.05 Å². The van der Waals surface area contributed by atoms with Crippen molar-refractivity contribution in [3.63, 3.8) is 0 Å². The van der Waals surface area contributed by atoms with Crippen LogP contribution in [-0.2, 0) is 13.6 Å². The minimum atomic E-state index is -0.351. The van der Waals surface area contributed by atoms with Gasteiger partial charge in [-0.3, -0.25) is 14.2 Å². The van der Waals surface area contributed by atoms with Crippen molar-refractivity contribution < 1.29 is 4.79 Å². The van der Waals surface area contributed by atoms with E-state index in [-0.39, 0.29) is 29.0 Å². The Balaban J connectivity index is 1.64. The fraction of sp³-hybridized carbons (Fsp3) is 0.333. The van der Waals surface area contributed by atoms with E-state index < -0.39 is 0 Å². The molecule has 4 aromatic rings. The highest BCUT2D eigenvalue weighted by Crippen LogP contribution is 2.19. The molecule has 2 aromatic carbocycles. The summed E-state index contributed by atoms with van der Waals surface area (Å²) < 4.78 is 4.14. The van der Waals surface area contributed by atoms with Crippen molar-refractivity contribution >= 4 is 22.6 Å². The van der Waals surface area contributed by atoms with Crippen LogP contribution >= 0.6 is 0 Å². The third-order valence-corrected chi connectivity index (χ3v) is 6.26. The number of aryl methyl sites for hydroxylation is 2. The summed E-state index contributed by atoms with van der Waals surface area (Å²) in [6.45, 7) is 2.28. The van der Waals surface area contributed by atoms with Crippen molar-refractivity contribution in [2.75, 3.05) is 0 Å². The monoisotopic (exact) mass is 431 g/mol. The van der Waals surface area contributed by atoms with Crippen molar-refractivity contribution in [3.8, 4) is 0 Å². The molecule has 0 radical (unpaired) electrons. The second-order valence-corrected chi connectivity index (χ2v) is 8.62. The van der Waals surface area contributed by atoms with Gasteiger partial charge in [-0.25, -0.2) is 13.9 Å². The van der Waals surface area contributed by atoms with E-state index in [0.717, 1.165) is 36.8 Å². The zero-order valence-corrected chi connectivity index (χ0v) is 18.2. The van der Waals surface area contributed by atoms with Crippen LogP contribution in [0, 0.1) is 6.92 Å². The molecule has 1 N–H and O–H groups in total. The number of nitrogens with one attached hydrogen (secondary N) is 1. The normalized spacial score (nSPS) is 14.4. The number of hydrogen-bond donors (Lipinski definition) is 1. The van der Waals surface area contributed by atoms with Gasteiger partial charge in [0, 0.05) is 18.7 Å². The number of hydrogen-bond acceptors (Lipinski definition) is 4. The van der Waals surface area contributed by atoms with Crippen LogP contribution in [0.3, 0.4) is 0 Å². The van der Waals surface area contributed by atoms with Crippen LogP contribution in [0.25, 0.3) is 16.7 Å². The van der Waals surface area contributed by atoms with Gasteiger partial charge in [0.2, 0.25) is 5.78 Å².